The number of anilines is 1. The maximum atomic E-state index is 11.7. The van der Waals surface area contributed by atoms with Gasteiger partial charge >= 0.3 is 0 Å². The van der Waals surface area contributed by atoms with Crippen LogP contribution in [-0.4, -0.2) is 20.1 Å². The van der Waals surface area contributed by atoms with E-state index in [4.69, 9.17) is 11.6 Å². The summed E-state index contributed by atoms with van der Waals surface area (Å²) in [4.78, 5) is 0. The molecule has 1 rings (SSSR count). The molecular formula is C12H18ClNO2S. The van der Waals surface area contributed by atoms with E-state index >= 15 is 0 Å². The van der Waals surface area contributed by atoms with Crippen LogP contribution >= 0.6 is 11.6 Å². The van der Waals surface area contributed by atoms with Gasteiger partial charge in [-0.1, -0.05) is 19.1 Å². The summed E-state index contributed by atoms with van der Waals surface area (Å²) in [6.07, 6.45) is 2.20. The second-order valence-corrected chi connectivity index (χ2v) is 6.09. The van der Waals surface area contributed by atoms with Crippen LogP contribution in [0.4, 0.5) is 5.69 Å². The Morgan fingerprint density at radius 2 is 2.06 bits per heavy atom. The van der Waals surface area contributed by atoms with Gasteiger partial charge in [0.25, 0.3) is 0 Å². The van der Waals surface area contributed by atoms with Crippen molar-refractivity contribution in [2.45, 2.75) is 26.2 Å². The molecule has 96 valence electrons. The molecule has 1 aromatic rings. The zero-order valence-electron chi connectivity index (χ0n) is 9.95. The zero-order chi connectivity index (χ0) is 12.7. The molecule has 0 saturated heterocycles. The summed E-state index contributed by atoms with van der Waals surface area (Å²) in [6, 6.07) is 7.46. The molecule has 0 aliphatic carbocycles. The number of aryl methyl sites for hydroxylation is 1. The molecule has 3 nitrogen and oxygen atoms in total. The Bertz CT molecular complexity index is 446. The van der Waals surface area contributed by atoms with Crippen molar-refractivity contribution in [2.75, 3.05) is 16.4 Å². The predicted octanol–water partition coefficient (Wildman–Crippen LogP) is 3.01. The lowest BCUT2D eigenvalue weighted by Gasteiger charge is -2.08. The number of hydrogen-bond donors (Lipinski definition) is 1. The van der Waals surface area contributed by atoms with Crippen LogP contribution in [0, 0.1) is 0 Å². The molecule has 0 aliphatic rings. The van der Waals surface area contributed by atoms with Gasteiger partial charge in [-0.25, -0.2) is 8.42 Å². The minimum atomic E-state index is -3.24. The number of hydrogen-bond acceptors (Lipinski definition) is 2. The lowest BCUT2D eigenvalue weighted by Crippen LogP contribution is -2.16. The van der Waals surface area contributed by atoms with Gasteiger partial charge in [0.15, 0.2) is 0 Å². The highest BCUT2D eigenvalue weighted by atomic mass is 35.5. The third kappa shape index (κ3) is 5.41. The topological polar surface area (TPSA) is 46.2 Å². The molecule has 0 aliphatic heterocycles. The molecule has 5 heteroatoms. The first-order valence-corrected chi connectivity index (χ1v) is 7.91. The number of benzene rings is 1. The largest absolute Gasteiger partial charge is 0.284 e. The van der Waals surface area contributed by atoms with Gasteiger partial charge in [-0.2, -0.15) is 0 Å². The van der Waals surface area contributed by atoms with Gasteiger partial charge in [0.05, 0.1) is 5.75 Å². The van der Waals surface area contributed by atoms with Gasteiger partial charge in [-0.3, -0.25) is 4.72 Å². The minimum absolute atomic E-state index is 0.121. The molecule has 0 radical (unpaired) electrons. The van der Waals surface area contributed by atoms with Crippen molar-refractivity contribution in [3.63, 3.8) is 0 Å². The molecule has 0 heterocycles. The number of alkyl halides is 1. The molecule has 1 aromatic carbocycles. The van der Waals surface area contributed by atoms with E-state index in [0.717, 1.165) is 18.4 Å². The predicted molar refractivity (Wildman–Crippen MR) is 73.2 cm³/mol. The van der Waals surface area contributed by atoms with Gasteiger partial charge < -0.3 is 0 Å². The van der Waals surface area contributed by atoms with Crippen LogP contribution in [0.25, 0.3) is 0 Å². The fourth-order valence-electron chi connectivity index (χ4n) is 1.47. The zero-order valence-corrected chi connectivity index (χ0v) is 11.5. The molecule has 0 amide bonds. The monoisotopic (exact) mass is 275 g/mol. The lowest BCUT2D eigenvalue weighted by molar-refractivity contribution is 0.598. The van der Waals surface area contributed by atoms with Crippen molar-refractivity contribution in [3.05, 3.63) is 29.8 Å². The SMILES string of the molecule is CCc1cccc(NS(=O)(=O)CCCCCl)c1. The number of unbranched alkanes of at least 4 members (excludes halogenated alkanes) is 1. The van der Waals surface area contributed by atoms with Crippen molar-refractivity contribution in [2.24, 2.45) is 0 Å². The summed E-state index contributed by atoms with van der Waals surface area (Å²) >= 11 is 5.51. The van der Waals surface area contributed by atoms with E-state index in [1.54, 1.807) is 6.07 Å². The van der Waals surface area contributed by atoms with Gasteiger partial charge in [0.1, 0.15) is 0 Å². The first-order valence-electron chi connectivity index (χ1n) is 5.73. The van der Waals surface area contributed by atoms with E-state index in [1.165, 1.54) is 0 Å². The van der Waals surface area contributed by atoms with Crippen LogP contribution in [0.15, 0.2) is 24.3 Å². The molecule has 0 bridgehead atoms. The maximum absolute atomic E-state index is 11.7. The van der Waals surface area contributed by atoms with Crippen molar-refractivity contribution < 1.29 is 8.42 Å². The van der Waals surface area contributed by atoms with Crippen LogP contribution < -0.4 is 4.72 Å². The Morgan fingerprint density at radius 1 is 1.29 bits per heavy atom. The maximum Gasteiger partial charge on any atom is 0.232 e. The van der Waals surface area contributed by atoms with Crippen molar-refractivity contribution in [1.82, 2.24) is 0 Å². The summed E-state index contributed by atoms with van der Waals surface area (Å²) < 4.78 is 26.0. The molecule has 17 heavy (non-hydrogen) atoms. The third-order valence-corrected chi connectivity index (χ3v) is 4.05. The summed E-state index contributed by atoms with van der Waals surface area (Å²) in [5.41, 5.74) is 1.75. The van der Waals surface area contributed by atoms with E-state index in [-0.39, 0.29) is 5.75 Å². The molecular weight excluding hydrogens is 258 g/mol. The van der Waals surface area contributed by atoms with Crippen molar-refractivity contribution in [1.29, 1.82) is 0 Å². The Morgan fingerprint density at radius 3 is 2.71 bits per heavy atom. The van der Waals surface area contributed by atoms with Crippen molar-refractivity contribution in [3.8, 4) is 0 Å². The van der Waals surface area contributed by atoms with Crippen LogP contribution in [0.2, 0.25) is 0 Å². The van der Waals surface area contributed by atoms with Gasteiger partial charge in [-0.15, -0.1) is 11.6 Å². The van der Waals surface area contributed by atoms with E-state index in [2.05, 4.69) is 4.72 Å². The first kappa shape index (κ1) is 14.3. The molecule has 1 N–H and O–H groups in total. The number of rotatable bonds is 7. The second kappa shape index (κ2) is 6.87. The molecule has 0 unspecified atom stereocenters. The van der Waals surface area contributed by atoms with Crippen LogP contribution in [0.5, 0.6) is 0 Å². The van der Waals surface area contributed by atoms with Gasteiger partial charge in [-0.05, 0) is 37.0 Å². The standard InChI is InChI=1S/C12H18ClNO2S/c1-2-11-6-5-7-12(10-11)14-17(15,16)9-4-3-8-13/h5-7,10,14H,2-4,8-9H2,1H3. The quantitative estimate of drug-likeness (QED) is 0.614. The highest BCUT2D eigenvalue weighted by Crippen LogP contribution is 2.13. The number of nitrogens with one attached hydrogen (secondary N) is 1. The van der Waals surface area contributed by atoms with E-state index in [9.17, 15) is 8.42 Å². The first-order chi connectivity index (χ1) is 8.07. The summed E-state index contributed by atoms with van der Waals surface area (Å²) in [6.45, 7) is 2.04. The number of halogens is 1. The van der Waals surface area contributed by atoms with E-state index < -0.39 is 10.0 Å². The lowest BCUT2D eigenvalue weighted by atomic mass is 10.1. The average molecular weight is 276 g/mol. The Labute approximate surface area is 108 Å². The van der Waals surface area contributed by atoms with Gasteiger partial charge in [0, 0.05) is 11.6 Å². The molecule has 0 saturated carbocycles. The summed E-state index contributed by atoms with van der Waals surface area (Å²) in [5, 5.41) is 0. The van der Waals surface area contributed by atoms with E-state index in [1.807, 2.05) is 25.1 Å². The normalized spacial score (nSPS) is 11.4. The average Bonchev–Trinajstić information content (AvgIpc) is 2.29. The highest BCUT2D eigenvalue weighted by molar-refractivity contribution is 7.92. The van der Waals surface area contributed by atoms with E-state index in [0.29, 0.717) is 18.0 Å². The molecule has 0 spiro atoms. The smallest absolute Gasteiger partial charge is 0.232 e. The van der Waals surface area contributed by atoms with Crippen molar-refractivity contribution >= 4 is 27.3 Å². The fraction of sp³-hybridized carbons (Fsp3) is 0.500. The number of sulfonamides is 1. The summed E-state index contributed by atoms with van der Waals surface area (Å²) in [5.74, 6) is 0.622. The fourth-order valence-corrected chi connectivity index (χ4v) is 2.83. The van der Waals surface area contributed by atoms with Crippen LogP contribution in [0.3, 0.4) is 0 Å². The van der Waals surface area contributed by atoms with Crippen LogP contribution in [0.1, 0.15) is 25.3 Å². The Hall–Kier alpha value is -0.740. The third-order valence-electron chi connectivity index (χ3n) is 2.41. The minimum Gasteiger partial charge on any atom is -0.284 e. The van der Waals surface area contributed by atoms with Gasteiger partial charge in [0.2, 0.25) is 10.0 Å². The Balaban J connectivity index is 2.62. The van der Waals surface area contributed by atoms with Crippen LogP contribution in [-0.2, 0) is 16.4 Å². The molecule has 0 fully saturated rings. The molecule has 0 atom stereocenters. The summed E-state index contributed by atoms with van der Waals surface area (Å²) in [7, 11) is -3.24. The Kier molecular flexibility index (Phi) is 5.78. The highest BCUT2D eigenvalue weighted by Gasteiger charge is 2.09. The molecule has 0 aromatic heterocycles. The second-order valence-electron chi connectivity index (χ2n) is 3.87.